The number of aliphatic hydroxyl groups excluding tert-OH is 2. The molecule has 2 spiro atoms. The van der Waals surface area contributed by atoms with Gasteiger partial charge in [0.2, 0.25) is 0 Å². The molecule has 2 bridgehead atoms. The Balaban J connectivity index is 0.998. The summed E-state index contributed by atoms with van der Waals surface area (Å²) in [5.41, 5.74) is 1.43. The molecule has 4 nitrogen and oxygen atoms in total. The maximum atomic E-state index is 12.3. The summed E-state index contributed by atoms with van der Waals surface area (Å²) in [7, 11) is 0. The lowest BCUT2D eigenvalue weighted by atomic mass is 9.38. The van der Waals surface area contributed by atoms with Gasteiger partial charge in [-0.3, -0.25) is 4.90 Å². The van der Waals surface area contributed by atoms with Crippen molar-refractivity contribution in [2.75, 3.05) is 13.1 Å². The smallest absolute Gasteiger partial charge is 0.0805 e. The van der Waals surface area contributed by atoms with E-state index >= 15 is 0 Å². The van der Waals surface area contributed by atoms with Gasteiger partial charge in [0, 0.05) is 19.1 Å². The molecule has 6 saturated carbocycles. The number of nitrogens with zero attached hydrogens (tertiary/aromatic N) is 1. The predicted octanol–water partition coefficient (Wildman–Crippen LogP) is 9.22. The molecule has 1 aromatic rings. The molecule has 4 heteroatoms. The minimum Gasteiger partial charge on any atom is -0.393 e. The number of benzene rings is 1. The highest BCUT2D eigenvalue weighted by Gasteiger charge is 2.73. The molecule has 8 aliphatic rings. The van der Waals surface area contributed by atoms with Crippen molar-refractivity contribution in [2.45, 2.75) is 167 Å². The molecule has 8 fully saturated rings. The molecular weight excluding hydrogens is 615 g/mol. The van der Waals surface area contributed by atoms with Gasteiger partial charge in [-0.15, -0.1) is 0 Å². The minimum absolute atomic E-state index is 0.0303. The molecule has 2 heterocycles. The maximum absolute atomic E-state index is 12.3. The first-order valence-electron chi connectivity index (χ1n) is 21.8. The van der Waals surface area contributed by atoms with Crippen molar-refractivity contribution < 1.29 is 15.3 Å². The van der Waals surface area contributed by atoms with Crippen LogP contribution in [-0.4, -0.2) is 57.2 Å². The number of hydrogen-bond acceptors (Lipinski definition) is 4. The molecule has 9 rings (SSSR count). The van der Waals surface area contributed by atoms with Gasteiger partial charge in [-0.25, -0.2) is 0 Å². The fourth-order valence-electron chi connectivity index (χ4n) is 16.7. The summed E-state index contributed by atoms with van der Waals surface area (Å²) in [4.78, 5) is 2.74. The molecule has 50 heavy (non-hydrogen) atoms. The molecular formula is C46H71NO3. The molecule has 0 radical (unpaired) electrons. The van der Waals surface area contributed by atoms with Gasteiger partial charge in [-0.2, -0.15) is 0 Å². The van der Waals surface area contributed by atoms with Crippen molar-refractivity contribution >= 4 is 0 Å². The van der Waals surface area contributed by atoms with Crippen molar-refractivity contribution in [3.05, 3.63) is 35.9 Å². The third-order valence-corrected chi connectivity index (χ3v) is 18.5. The SMILES string of the molecule is CC(C)CC[C@H](C[C@@H]1CC[C@]2(C1)C[C@]13CCC[C@]4(C[C@H](O)[C@H]1C[C@H]2O)[C@H]3C[C@@H]1[C@@H]2CN3C[C@H](C)CC[C@@H]3[C@@](C)(O)[C@@H]2CC[C@@H]14)c1ccccc1. The van der Waals surface area contributed by atoms with Crippen LogP contribution in [0.15, 0.2) is 30.3 Å². The Morgan fingerprint density at radius 1 is 0.820 bits per heavy atom. The lowest BCUT2D eigenvalue weighted by Crippen LogP contribution is -2.67. The monoisotopic (exact) mass is 686 g/mol. The fourth-order valence-corrected chi connectivity index (χ4v) is 16.7. The largest absolute Gasteiger partial charge is 0.393 e. The predicted molar refractivity (Wildman–Crippen MR) is 201 cm³/mol. The van der Waals surface area contributed by atoms with Gasteiger partial charge in [-0.1, -0.05) is 63.9 Å². The van der Waals surface area contributed by atoms with Crippen LogP contribution in [0.3, 0.4) is 0 Å². The number of hydrogen-bond donors (Lipinski definition) is 3. The summed E-state index contributed by atoms with van der Waals surface area (Å²) in [5, 5.41) is 36.7. The van der Waals surface area contributed by atoms with E-state index in [9.17, 15) is 15.3 Å². The van der Waals surface area contributed by atoms with Gasteiger partial charge >= 0.3 is 0 Å². The molecule has 0 aromatic heterocycles. The van der Waals surface area contributed by atoms with Crippen LogP contribution in [0.2, 0.25) is 0 Å². The summed E-state index contributed by atoms with van der Waals surface area (Å²) in [5.74, 6) is 6.15. The van der Waals surface area contributed by atoms with E-state index in [0.29, 0.717) is 47.5 Å². The highest BCUT2D eigenvalue weighted by atomic mass is 16.3. The van der Waals surface area contributed by atoms with Crippen molar-refractivity contribution in [3.8, 4) is 0 Å². The van der Waals surface area contributed by atoms with Crippen LogP contribution in [0, 0.1) is 69.5 Å². The molecule has 0 amide bonds. The molecule has 16 atom stereocenters. The summed E-state index contributed by atoms with van der Waals surface area (Å²) < 4.78 is 0. The zero-order valence-corrected chi connectivity index (χ0v) is 32.1. The highest BCUT2D eigenvalue weighted by molar-refractivity contribution is 5.24. The Bertz CT molecular complexity index is 1380. The third-order valence-electron chi connectivity index (χ3n) is 18.5. The van der Waals surface area contributed by atoms with Crippen LogP contribution in [0.1, 0.15) is 148 Å². The first kappa shape index (κ1) is 34.8. The van der Waals surface area contributed by atoms with Crippen molar-refractivity contribution in [1.29, 1.82) is 0 Å². The minimum atomic E-state index is -0.584. The summed E-state index contributed by atoms with van der Waals surface area (Å²) in [6, 6.07) is 11.7. The van der Waals surface area contributed by atoms with E-state index in [1.54, 1.807) is 0 Å². The van der Waals surface area contributed by atoms with Gasteiger partial charge in [0.25, 0.3) is 0 Å². The number of piperidine rings is 2. The second kappa shape index (κ2) is 12.6. The fraction of sp³-hybridized carbons (Fsp3) is 0.870. The van der Waals surface area contributed by atoms with Crippen LogP contribution in [-0.2, 0) is 0 Å². The maximum Gasteiger partial charge on any atom is 0.0805 e. The van der Waals surface area contributed by atoms with E-state index < -0.39 is 5.60 Å². The lowest BCUT2D eigenvalue weighted by molar-refractivity contribution is -0.231. The van der Waals surface area contributed by atoms with Crippen LogP contribution >= 0.6 is 0 Å². The molecule has 278 valence electrons. The van der Waals surface area contributed by atoms with E-state index in [1.807, 2.05) is 0 Å². The lowest BCUT2D eigenvalue weighted by Gasteiger charge is -2.68. The Hall–Kier alpha value is -0.940. The third kappa shape index (κ3) is 5.24. The first-order valence-corrected chi connectivity index (χ1v) is 21.8. The molecule has 6 aliphatic carbocycles. The number of rotatable bonds is 6. The van der Waals surface area contributed by atoms with E-state index in [2.05, 4.69) is 62.9 Å². The zero-order chi connectivity index (χ0) is 34.6. The Kier molecular flexibility index (Phi) is 8.74. The molecule has 1 aromatic carbocycles. The van der Waals surface area contributed by atoms with Crippen LogP contribution in [0.4, 0.5) is 0 Å². The van der Waals surface area contributed by atoms with Crippen LogP contribution < -0.4 is 0 Å². The van der Waals surface area contributed by atoms with E-state index in [0.717, 1.165) is 37.6 Å². The van der Waals surface area contributed by atoms with Crippen molar-refractivity contribution in [3.63, 3.8) is 0 Å². The Morgan fingerprint density at radius 2 is 1.60 bits per heavy atom. The first-order chi connectivity index (χ1) is 24.0. The number of fused-ring (bicyclic) bond motifs is 4. The standard InChI is InChI=1S/C46H71NO3/c1-29(2)11-13-33(32-9-6-5-7-10-32)21-31-17-20-44(24-31)28-46-19-8-18-45(25-39(48)38(46)23-42(44)49)37-15-14-36-35(34(37)22-40(45)46)27-47-26-30(3)12-16-41(47)43(36,4)50/h5-7,9-10,29-31,33-42,48-50H,8,11-28H2,1-4H3/t30-,31+,33-,34-,35+,36-,37+,38-,39+,40-,41-,42-,43+,44+,45-,46-/m1/s1. The van der Waals surface area contributed by atoms with Gasteiger partial charge in [0.15, 0.2) is 0 Å². The quantitative estimate of drug-likeness (QED) is 0.280. The molecule has 2 aliphatic heterocycles. The zero-order valence-electron chi connectivity index (χ0n) is 32.1. The van der Waals surface area contributed by atoms with Gasteiger partial charge < -0.3 is 15.3 Å². The second-order valence-corrected chi connectivity index (χ2v) is 21.2. The average Bonchev–Trinajstić information content (AvgIpc) is 3.65. The average molecular weight is 686 g/mol. The van der Waals surface area contributed by atoms with Crippen molar-refractivity contribution in [2.24, 2.45) is 69.5 Å². The van der Waals surface area contributed by atoms with Crippen LogP contribution in [0.25, 0.3) is 0 Å². The van der Waals surface area contributed by atoms with E-state index in [-0.39, 0.29) is 34.4 Å². The molecule has 2 saturated heterocycles. The van der Waals surface area contributed by atoms with E-state index in [4.69, 9.17) is 0 Å². The highest BCUT2D eigenvalue weighted by Crippen LogP contribution is 2.78. The van der Waals surface area contributed by atoms with Gasteiger partial charge in [-0.05, 0) is 184 Å². The Labute approximate surface area is 304 Å². The topological polar surface area (TPSA) is 63.9 Å². The van der Waals surface area contributed by atoms with Crippen LogP contribution in [0.5, 0.6) is 0 Å². The normalized spacial score (nSPS) is 51.8. The summed E-state index contributed by atoms with van der Waals surface area (Å²) in [6.07, 6.45) is 20.0. The van der Waals surface area contributed by atoms with Gasteiger partial charge in [0.05, 0.1) is 17.8 Å². The molecule has 0 unspecified atom stereocenters. The van der Waals surface area contributed by atoms with Gasteiger partial charge in [0.1, 0.15) is 0 Å². The second-order valence-electron chi connectivity index (χ2n) is 21.2. The van der Waals surface area contributed by atoms with E-state index in [1.165, 1.54) is 102 Å². The number of aliphatic hydroxyl groups is 3. The van der Waals surface area contributed by atoms with Crippen molar-refractivity contribution in [1.82, 2.24) is 4.90 Å². The summed E-state index contributed by atoms with van der Waals surface area (Å²) in [6.45, 7) is 11.7. The summed E-state index contributed by atoms with van der Waals surface area (Å²) >= 11 is 0. The Morgan fingerprint density at radius 3 is 2.40 bits per heavy atom. The molecule has 3 N–H and O–H groups in total.